The fourth-order valence-electron chi connectivity index (χ4n) is 2.20. The maximum absolute atomic E-state index is 12.3. The minimum atomic E-state index is -3.91. The lowest BCUT2D eigenvalue weighted by Gasteiger charge is -2.08. The third-order valence-electron chi connectivity index (χ3n) is 3.43. The van der Waals surface area contributed by atoms with Crippen LogP contribution in [0.4, 0.5) is 5.69 Å². The summed E-state index contributed by atoms with van der Waals surface area (Å²) >= 11 is 1.36. The number of amides is 2. The highest BCUT2D eigenvalue weighted by Crippen LogP contribution is 2.23. The van der Waals surface area contributed by atoms with Crippen molar-refractivity contribution in [3.05, 3.63) is 65.7 Å². The summed E-state index contributed by atoms with van der Waals surface area (Å²) in [6.45, 7) is 1.11. The number of hydrogen-bond donors (Lipinski definition) is 2. The summed E-state index contributed by atoms with van der Waals surface area (Å²) in [6.07, 6.45) is 1.63. The number of carbonyl (C=O) groups excluding carboxylic acids is 2. The molecule has 0 unspecified atom stereocenters. The number of anilines is 1. The van der Waals surface area contributed by atoms with Crippen molar-refractivity contribution in [3.8, 4) is 10.9 Å². The van der Waals surface area contributed by atoms with Crippen molar-refractivity contribution in [1.29, 1.82) is 0 Å². The summed E-state index contributed by atoms with van der Waals surface area (Å²) < 4.78 is 31.2. The molecule has 1 heterocycles. The first-order chi connectivity index (χ1) is 13.3. The predicted molar refractivity (Wildman–Crippen MR) is 104 cm³/mol. The lowest BCUT2D eigenvalue weighted by atomic mass is 10.2. The molecule has 1 aromatic heterocycles. The third-order valence-corrected chi connectivity index (χ3v) is 5.53. The van der Waals surface area contributed by atoms with Gasteiger partial charge in [0.15, 0.2) is 0 Å². The van der Waals surface area contributed by atoms with Crippen LogP contribution in [0.15, 0.2) is 65.0 Å². The van der Waals surface area contributed by atoms with Crippen molar-refractivity contribution >= 4 is 38.9 Å². The number of nitrogens with one attached hydrogen (secondary N) is 2. The first-order valence-corrected chi connectivity index (χ1v) is 10.3. The molecular weight excluding hydrogens is 402 g/mol. The van der Waals surface area contributed by atoms with Crippen LogP contribution in [0.3, 0.4) is 0 Å². The standard InChI is InChI=1S/C18H15N3O5S2/c1-12(22)21-28(24,25)16-8-4-14(5-9-16)20-17(23)13-2-6-15(7-3-13)26-18-19-10-11-27-18/h2-11H,1H3,(H,20,23)(H,21,22). The van der Waals surface area contributed by atoms with Gasteiger partial charge in [0.25, 0.3) is 21.1 Å². The SMILES string of the molecule is CC(=O)NS(=O)(=O)c1ccc(NC(=O)c2ccc(Oc3nccs3)cc2)cc1. The minimum Gasteiger partial charge on any atom is -0.431 e. The van der Waals surface area contributed by atoms with Crippen molar-refractivity contribution in [2.75, 3.05) is 5.32 Å². The lowest BCUT2D eigenvalue weighted by Crippen LogP contribution is -2.28. The van der Waals surface area contributed by atoms with Gasteiger partial charge >= 0.3 is 0 Å². The van der Waals surface area contributed by atoms with Crippen LogP contribution >= 0.6 is 11.3 Å². The summed E-state index contributed by atoms with van der Waals surface area (Å²) in [5, 5.41) is 4.97. The summed E-state index contributed by atoms with van der Waals surface area (Å²) in [5.41, 5.74) is 0.816. The van der Waals surface area contributed by atoms with Gasteiger partial charge in [-0.25, -0.2) is 18.1 Å². The van der Waals surface area contributed by atoms with Crippen LogP contribution in [0.2, 0.25) is 0 Å². The van der Waals surface area contributed by atoms with Crippen molar-refractivity contribution in [2.24, 2.45) is 0 Å². The molecule has 144 valence electrons. The molecule has 0 aliphatic carbocycles. The normalized spacial score (nSPS) is 10.9. The maximum atomic E-state index is 12.3. The minimum absolute atomic E-state index is 0.0793. The molecule has 0 bridgehead atoms. The Morgan fingerprint density at radius 2 is 1.71 bits per heavy atom. The number of thiazole rings is 1. The summed E-state index contributed by atoms with van der Waals surface area (Å²) in [5.74, 6) is -0.489. The zero-order valence-corrected chi connectivity index (χ0v) is 16.2. The number of nitrogens with zero attached hydrogens (tertiary/aromatic N) is 1. The van der Waals surface area contributed by atoms with E-state index in [0.717, 1.165) is 6.92 Å². The van der Waals surface area contributed by atoms with Crippen LogP contribution < -0.4 is 14.8 Å². The van der Waals surface area contributed by atoms with Crippen LogP contribution in [-0.4, -0.2) is 25.2 Å². The molecule has 28 heavy (non-hydrogen) atoms. The highest BCUT2D eigenvalue weighted by molar-refractivity contribution is 7.90. The van der Waals surface area contributed by atoms with Crippen molar-refractivity contribution in [1.82, 2.24) is 9.71 Å². The van der Waals surface area contributed by atoms with Gasteiger partial charge in [0.1, 0.15) is 5.75 Å². The van der Waals surface area contributed by atoms with Gasteiger partial charge < -0.3 is 10.1 Å². The number of carbonyl (C=O) groups is 2. The molecule has 3 rings (SSSR count). The second-order valence-electron chi connectivity index (χ2n) is 5.56. The quantitative estimate of drug-likeness (QED) is 0.637. The van der Waals surface area contributed by atoms with Crippen molar-refractivity contribution in [3.63, 3.8) is 0 Å². The van der Waals surface area contributed by atoms with Crippen LogP contribution in [0.1, 0.15) is 17.3 Å². The molecule has 8 nitrogen and oxygen atoms in total. The summed E-state index contributed by atoms with van der Waals surface area (Å²) in [4.78, 5) is 27.2. The number of aromatic nitrogens is 1. The lowest BCUT2D eigenvalue weighted by molar-refractivity contribution is -0.117. The Kier molecular flexibility index (Phi) is 5.71. The molecule has 0 atom stereocenters. The van der Waals surface area contributed by atoms with Crippen molar-refractivity contribution < 1.29 is 22.7 Å². The Bertz CT molecular complexity index is 1080. The van der Waals surface area contributed by atoms with E-state index < -0.39 is 15.9 Å². The van der Waals surface area contributed by atoms with E-state index in [1.54, 1.807) is 35.8 Å². The first kappa shape index (κ1) is 19.5. The molecule has 0 aliphatic rings. The molecule has 2 aromatic carbocycles. The molecule has 0 aliphatic heterocycles. The monoisotopic (exact) mass is 417 g/mol. The van der Waals surface area contributed by atoms with Gasteiger partial charge in [-0.1, -0.05) is 11.3 Å². The van der Waals surface area contributed by atoms with Crippen LogP contribution in [0.25, 0.3) is 0 Å². The van der Waals surface area contributed by atoms with E-state index >= 15 is 0 Å². The van der Waals surface area contributed by atoms with Gasteiger partial charge in [0, 0.05) is 29.8 Å². The molecule has 0 fully saturated rings. The van der Waals surface area contributed by atoms with Crippen LogP contribution in [-0.2, 0) is 14.8 Å². The molecular formula is C18H15N3O5S2. The van der Waals surface area contributed by atoms with Gasteiger partial charge in [0.05, 0.1) is 4.90 Å². The average Bonchev–Trinajstić information content (AvgIpc) is 3.15. The fraction of sp³-hybridized carbons (Fsp3) is 0.0556. The topological polar surface area (TPSA) is 114 Å². The fourth-order valence-corrected chi connectivity index (χ4v) is 3.70. The molecule has 3 aromatic rings. The largest absolute Gasteiger partial charge is 0.431 e. The third kappa shape index (κ3) is 4.93. The Morgan fingerprint density at radius 1 is 1.04 bits per heavy atom. The van der Waals surface area contributed by atoms with E-state index in [0.29, 0.717) is 22.2 Å². The molecule has 0 spiro atoms. The molecule has 10 heteroatoms. The smallest absolute Gasteiger partial charge is 0.278 e. The Balaban J connectivity index is 1.65. The van der Waals surface area contributed by atoms with E-state index in [1.807, 2.05) is 4.72 Å². The average molecular weight is 417 g/mol. The number of ether oxygens (including phenoxy) is 1. The second-order valence-corrected chi connectivity index (χ2v) is 8.10. The van der Waals surface area contributed by atoms with Crippen LogP contribution in [0.5, 0.6) is 10.9 Å². The molecule has 0 radical (unpaired) electrons. The summed E-state index contributed by atoms with van der Waals surface area (Å²) in [7, 11) is -3.91. The molecule has 0 saturated carbocycles. The zero-order valence-electron chi connectivity index (χ0n) is 14.6. The highest BCUT2D eigenvalue weighted by atomic mass is 32.2. The predicted octanol–water partition coefficient (Wildman–Crippen LogP) is 3.01. The van der Waals surface area contributed by atoms with Gasteiger partial charge in [-0.15, -0.1) is 0 Å². The number of rotatable bonds is 6. The van der Waals surface area contributed by atoms with Gasteiger partial charge in [-0.05, 0) is 48.5 Å². The Labute approximate surface area is 165 Å². The van der Waals surface area contributed by atoms with Gasteiger partial charge in [-0.2, -0.15) is 0 Å². The maximum Gasteiger partial charge on any atom is 0.278 e. The zero-order chi connectivity index (χ0) is 20.1. The number of benzene rings is 2. The first-order valence-electron chi connectivity index (χ1n) is 7.96. The number of sulfonamides is 1. The number of hydrogen-bond acceptors (Lipinski definition) is 7. The second kappa shape index (κ2) is 8.19. The summed E-state index contributed by atoms with van der Waals surface area (Å²) in [6, 6.07) is 12.0. The van der Waals surface area contributed by atoms with Gasteiger partial charge in [0.2, 0.25) is 5.91 Å². The Hall–Kier alpha value is -3.24. The van der Waals surface area contributed by atoms with E-state index in [4.69, 9.17) is 4.74 Å². The van der Waals surface area contributed by atoms with E-state index in [2.05, 4.69) is 10.3 Å². The Morgan fingerprint density at radius 3 is 2.29 bits per heavy atom. The molecule has 0 saturated heterocycles. The van der Waals surface area contributed by atoms with E-state index in [1.165, 1.54) is 35.6 Å². The van der Waals surface area contributed by atoms with Crippen molar-refractivity contribution in [2.45, 2.75) is 11.8 Å². The van der Waals surface area contributed by atoms with E-state index in [9.17, 15) is 18.0 Å². The van der Waals surface area contributed by atoms with Gasteiger partial charge in [-0.3, -0.25) is 9.59 Å². The van der Waals surface area contributed by atoms with E-state index in [-0.39, 0.29) is 10.8 Å². The molecule has 2 amide bonds. The molecule has 2 N–H and O–H groups in total. The van der Waals surface area contributed by atoms with Crippen LogP contribution in [0, 0.1) is 0 Å². The highest BCUT2D eigenvalue weighted by Gasteiger charge is 2.15.